The first-order valence-electron chi connectivity index (χ1n) is 5.50. The molecule has 0 saturated carbocycles. The third kappa shape index (κ3) is 2.98. The lowest BCUT2D eigenvalue weighted by Gasteiger charge is -2.06. The van der Waals surface area contributed by atoms with E-state index in [2.05, 4.69) is 10.4 Å². The molecule has 0 aliphatic carbocycles. The highest BCUT2D eigenvalue weighted by Gasteiger charge is 2.11. The Labute approximate surface area is 98.9 Å². The van der Waals surface area contributed by atoms with Crippen molar-refractivity contribution in [2.75, 3.05) is 29.1 Å². The predicted octanol–water partition coefficient (Wildman–Crippen LogP) is 0.745. The molecule has 3 N–H and O–H groups in total. The van der Waals surface area contributed by atoms with Crippen LogP contribution >= 0.6 is 0 Å². The zero-order chi connectivity index (χ0) is 12.1. The molecular formula is C10H20N4OS. The Hall–Kier alpha value is -1.04. The van der Waals surface area contributed by atoms with Gasteiger partial charge in [-0.05, 0) is 6.42 Å². The molecule has 16 heavy (non-hydrogen) atoms. The van der Waals surface area contributed by atoms with Gasteiger partial charge in [-0.1, -0.05) is 13.8 Å². The Kier molecular flexibility index (Phi) is 4.79. The fourth-order valence-corrected chi connectivity index (χ4v) is 2.11. The van der Waals surface area contributed by atoms with Gasteiger partial charge in [0.05, 0.1) is 11.4 Å². The smallest absolute Gasteiger partial charge is 0.147 e. The molecule has 0 aromatic carbocycles. The lowest BCUT2D eigenvalue weighted by Crippen LogP contribution is -2.14. The maximum absolute atomic E-state index is 11.3. The van der Waals surface area contributed by atoms with Gasteiger partial charge in [0.15, 0.2) is 0 Å². The van der Waals surface area contributed by atoms with E-state index in [0.717, 1.165) is 17.9 Å². The van der Waals surface area contributed by atoms with Crippen LogP contribution in [0, 0.1) is 0 Å². The van der Waals surface area contributed by atoms with E-state index >= 15 is 0 Å². The summed E-state index contributed by atoms with van der Waals surface area (Å²) in [5.41, 5.74) is 7.55. The SMILES string of the molecule is CCc1nn(C)c(NCCS(=O)CC)c1N. The fourth-order valence-electron chi connectivity index (χ4n) is 1.49. The molecule has 0 radical (unpaired) electrons. The van der Waals surface area contributed by atoms with E-state index in [-0.39, 0.29) is 0 Å². The maximum atomic E-state index is 11.3. The Bertz CT molecular complexity index is 375. The van der Waals surface area contributed by atoms with Crippen LogP contribution in [0.2, 0.25) is 0 Å². The molecular weight excluding hydrogens is 224 g/mol. The van der Waals surface area contributed by atoms with Gasteiger partial charge in [0, 0.05) is 35.9 Å². The minimum absolute atomic E-state index is 0.641. The molecule has 1 unspecified atom stereocenters. The minimum Gasteiger partial charge on any atom is -0.394 e. The number of hydrogen-bond acceptors (Lipinski definition) is 4. The highest BCUT2D eigenvalue weighted by atomic mass is 32.2. The summed E-state index contributed by atoms with van der Waals surface area (Å²) >= 11 is 0. The minimum atomic E-state index is -0.742. The zero-order valence-corrected chi connectivity index (χ0v) is 10.9. The van der Waals surface area contributed by atoms with Gasteiger partial charge in [0.2, 0.25) is 0 Å². The van der Waals surface area contributed by atoms with Crippen LogP contribution in [0.4, 0.5) is 11.5 Å². The number of aromatic nitrogens is 2. The topological polar surface area (TPSA) is 72.9 Å². The van der Waals surface area contributed by atoms with E-state index < -0.39 is 10.8 Å². The second kappa shape index (κ2) is 5.89. The predicted molar refractivity (Wildman–Crippen MR) is 69.0 cm³/mol. The molecule has 1 rings (SSSR count). The molecule has 1 aromatic heterocycles. The molecule has 1 heterocycles. The molecule has 0 spiro atoms. The van der Waals surface area contributed by atoms with Gasteiger partial charge in [-0.3, -0.25) is 8.89 Å². The largest absolute Gasteiger partial charge is 0.394 e. The molecule has 92 valence electrons. The van der Waals surface area contributed by atoms with Gasteiger partial charge in [-0.25, -0.2) is 0 Å². The average Bonchev–Trinajstić information content (AvgIpc) is 2.55. The van der Waals surface area contributed by atoms with Crippen LogP contribution in [-0.4, -0.2) is 32.0 Å². The first-order valence-corrected chi connectivity index (χ1v) is 6.99. The van der Waals surface area contributed by atoms with Crippen molar-refractivity contribution in [2.45, 2.75) is 20.3 Å². The van der Waals surface area contributed by atoms with Crippen LogP contribution in [0.5, 0.6) is 0 Å². The monoisotopic (exact) mass is 244 g/mol. The molecule has 5 nitrogen and oxygen atoms in total. The van der Waals surface area contributed by atoms with Gasteiger partial charge < -0.3 is 11.1 Å². The van der Waals surface area contributed by atoms with Gasteiger partial charge in [0.1, 0.15) is 5.82 Å². The number of nitrogen functional groups attached to an aromatic ring is 1. The number of nitrogens with one attached hydrogen (secondary N) is 1. The molecule has 0 aliphatic rings. The van der Waals surface area contributed by atoms with E-state index in [4.69, 9.17) is 5.73 Å². The van der Waals surface area contributed by atoms with Crippen LogP contribution in [0.25, 0.3) is 0 Å². The lowest BCUT2D eigenvalue weighted by atomic mass is 10.3. The Balaban J connectivity index is 2.60. The Morgan fingerprint density at radius 2 is 2.19 bits per heavy atom. The van der Waals surface area contributed by atoms with E-state index in [1.165, 1.54) is 0 Å². The van der Waals surface area contributed by atoms with Crippen molar-refractivity contribution >= 4 is 22.3 Å². The summed E-state index contributed by atoms with van der Waals surface area (Å²) in [6.07, 6.45) is 0.822. The molecule has 0 aliphatic heterocycles. The second-order valence-electron chi connectivity index (χ2n) is 3.55. The van der Waals surface area contributed by atoms with Crippen LogP contribution < -0.4 is 11.1 Å². The number of rotatable bonds is 6. The molecule has 1 atom stereocenters. The normalized spacial score (nSPS) is 12.7. The van der Waals surface area contributed by atoms with Crippen molar-refractivity contribution in [2.24, 2.45) is 7.05 Å². The molecule has 0 fully saturated rings. The van der Waals surface area contributed by atoms with Gasteiger partial charge >= 0.3 is 0 Å². The van der Waals surface area contributed by atoms with Crippen molar-refractivity contribution in [3.05, 3.63) is 5.69 Å². The van der Waals surface area contributed by atoms with Crippen LogP contribution in [0.3, 0.4) is 0 Å². The number of hydrogen-bond donors (Lipinski definition) is 2. The second-order valence-corrected chi connectivity index (χ2v) is 5.41. The summed E-state index contributed by atoms with van der Waals surface area (Å²) in [5, 5.41) is 7.48. The number of nitrogens with two attached hydrogens (primary N) is 1. The van der Waals surface area contributed by atoms with Crippen LogP contribution in [0.15, 0.2) is 0 Å². The van der Waals surface area contributed by atoms with E-state index in [1.54, 1.807) is 4.68 Å². The molecule has 1 aromatic rings. The Morgan fingerprint density at radius 1 is 1.50 bits per heavy atom. The summed E-state index contributed by atoms with van der Waals surface area (Å²) in [7, 11) is 1.11. The molecule has 0 bridgehead atoms. The van der Waals surface area contributed by atoms with Gasteiger partial charge in [-0.15, -0.1) is 0 Å². The van der Waals surface area contributed by atoms with E-state index in [9.17, 15) is 4.21 Å². The molecule has 6 heteroatoms. The van der Waals surface area contributed by atoms with Crippen LogP contribution in [-0.2, 0) is 24.3 Å². The van der Waals surface area contributed by atoms with E-state index in [1.807, 2.05) is 20.9 Å². The highest BCUT2D eigenvalue weighted by Crippen LogP contribution is 2.21. The van der Waals surface area contributed by atoms with Crippen molar-refractivity contribution in [3.63, 3.8) is 0 Å². The van der Waals surface area contributed by atoms with Gasteiger partial charge in [0.25, 0.3) is 0 Å². The first kappa shape index (κ1) is 13.0. The third-order valence-corrected chi connectivity index (χ3v) is 3.74. The van der Waals surface area contributed by atoms with Crippen molar-refractivity contribution in [3.8, 4) is 0 Å². The highest BCUT2D eigenvalue weighted by molar-refractivity contribution is 7.84. The molecule has 0 saturated heterocycles. The summed E-state index contributed by atoms with van der Waals surface area (Å²) in [4.78, 5) is 0. The number of nitrogens with zero attached hydrogens (tertiary/aromatic N) is 2. The fraction of sp³-hybridized carbons (Fsp3) is 0.700. The quantitative estimate of drug-likeness (QED) is 0.774. The lowest BCUT2D eigenvalue weighted by molar-refractivity contribution is 0.683. The summed E-state index contributed by atoms with van der Waals surface area (Å²) in [6.45, 7) is 4.60. The summed E-state index contributed by atoms with van der Waals surface area (Å²) < 4.78 is 13.0. The summed E-state index contributed by atoms with van der Waals surface area (Å²) in [6, 6.07) is 0. The van der Waals surface area contributed by atoms with Crippen molar-refractivity contribution < 1.29 is 4.21 Å². The van der Waals surface area contributed by atoms with Gasteiger partial charge in [-0.2, -0.15) is 5.10 Å². The van der Waals surface area contributed by atoms with Crippen LogP contribution in [0.1, 0.15) is 19.5 Å². The summed E-state index contributed by atoms with van der Waals surface area (Å²) in [5.74, 6) is 2.16. The maximum Gasteiger partial charge on any atom is 0.147 e. The third-order valence-electron chi connectivity index (χ3n) is 2.44. The van der Waals surface area contributed by atoms with Crippen molar-refractivity contribution in [1.82, 2.24) is 9.78 Å². The first-order chi connectivity index (χ1) is 7.60. The number of aryl methyl sites for hydroxylation is 2. The van der Waals surface area contributed by atoms with Crippen molar-refractivity contribution in [1.29, 1.82) is 0 Å². The van der Waals surface area contributed by atoms with E-state index in [0.29, 0.717) is 23.7 Å². The molecule has 0 amide bonds. The average molecular weight is 244 g/mol. The number of anilines is 2. The standard InChI is InChI=1S/C10H20N4OS/c1-4-8-9(11)10(14(3)13-8)12-6-7-16(15)5-2/h12H,4-7,11H2,1-3H3. The zero-order valence-electron chi connectivity index (χ0n) is 10.1. The Morgan fingerprint density at radius 3 is 2.69 bits per heavy atom.